The molecule has 0 amide bonds. The summed E-state index contributed by atoms with van der Waals surface area (Å²) in [5.41, 5.74) is 12.7. The number of hydrogen-bond donors (Lipinski definition) is 0. The van der Waals surface area contributed by atoms with Crippen molar-refractivity contribution in [1.82, 2.24) is 4.98 Å². The largest absolute Gasteiger partial charge is 0.244 e. The lowest BCUT2D eigenvalue weighted by molar-refractivity contribution is 1.49. The average molecular weight is 540 g/mol. The van der Waals surface area contributed by atoms with Gasteiger partial charge >= 0.3 is 0 Å². The molecule has 1 heterocycles. The van der Waals surface area contributed by atoms with E-state index in [1.54, 1.807) is 11.3 Å². The Morgan fingerprint density at radius 2 is 0.878 bits per heavy atom. The van der Waals surface area contributed by atoms with Crippen LogP contribution in [0.15, 0.2) is 151 Å². The van der Waals surface area contributed by atoms with Crippen LogP contribution in [-0.2, 0) is 0 Å². The Kier molecular flexibility index (Phi) is 5.72. The number of rotatable bonds is 4. The molecule has 0 aliphatic rings. The van der Waals surface area contributed by atoms with Crippen LogP contribution in [0.5, 0.6) is 0 Å². The number of benzene rings is 7. The first-order valence-corrected chi connectivity index (χ1v) is 14.7. The van der Waals surface area contributed by atoms with E-state index in [0.29, 0.717) is 0 Å². The Morgan fingerprint density at radius 3 is 1.46 bits per heavy atom. The van der Waals surface area contributed by atoms with Gasteiger partial charge in [0.25, 0.3) is 0 Å². The molecule has 0 saturated carbocycles. The molecule has 0 saturated heterocycles. The summed E-state index contributed by atoms with van der Waals surface area (Å²) in [5, 5.41) is 5.08. The number of aromatic nitrogens is 1. The summed E-state index contributed by atoms with van der Waals surface area (Å²) >= 11 is 1.70. The minimum Gasteiger partial charge on any atom is -0.244 e. The molecule has 0 aliphatic heterocycles. The molecule has 41 heavy (non-hydrogen) atoms. The molecule has 1 nitrogen and oxygen atoms in total. The quantitative estimate of drug-likeness (QED) is 0.217. The van der Waals surface area contributed by atoms with E-state index in [1.807, 2.05) is 5.51 Å². The van der Waals surface area contributed by atoms with Gasteiger partial charge in [0.2, 0.25) is 0 Å². The molecule has 0 bridgehead atoms. The molecule has 8 aromatic rings. The van der Waals surface area contributed by atoms with Gasteiger partial charge in [0, 0.05) is 5.56 Å². The molecular formula is C39H25NS. The third-order valence-corrected chi connectivity index (χ3v) is 8.83. The Morgan fingerprint density at radius 1 is 0.390 bits per heavy atom. The molecule has 8 rings (SSSR count). The van der Waals surface area contributed by atoms with Crippen molar-refractivity contribution in [2.24, 2.45) is 0 Å². The van der Waals surface area contributed by atoms with Crippen molar-refractivity contribution >= 4 is 43.1 Å². The SMILES string of the molecule is c1ccc2c(-c3ccc(-c4cc(-c5ccc(-c6cccc7ccccc67)cc5)c5ncsc5c4)cc3)cccc2c1. The molecule has 0 radical (unpaired) electrons. The number of hydrogen-bond acceptors (Lipinski definition) is 2. The number of nitrogens with zero attached hydrogens (tertiary/aromatic N) is 1. The highest BCUT2D eigenvalue weighted by Gasteiger charge is 2.12. The van der Waals surface area contributed by atoms with Crippen LogP contribution in [0.4, 0.5) is 0 Å². The third-order valence-electron chi connectivity index (χ3n) is 8.05. The van der Waals surface area contributed by atoms with E-state index in [0.717, 1.165) is 5.52 Å². The maximum atomic E-state index is 4.75. The minimum atomic E-state index is 1.06. The van der Waals surface area contributed by atoms with Crippen molar-refractivity contribution in [2.45, 2.75) is 0 Å². The van der Waals surface area contributed by atoms with Gasteiger partial charge in [-0.05, 0) is 72.6 Å². The predicted octanol–water partition coefficient (Wildman–Crippen LogP) is 11.3. The molecule has 0 fully saturated rings. The van der Waals surface area contributed by atoms with Gasteiger partial charge < -0.3 is 0 Å². The summed E-state index contributed by atoms with van der Waals surface area (Å²) in [7, 11) is 0. The van der Waals surface area contributed by atoms with Gasteiger partial charge in [-0.1, -0.05) is 133 Å². The van der Waals surface area contributed by atoms with E-state index in [4.69, 9.17) is 4.98 Å². The van der Waals surface area contributed by atoms with Crippen molar-refractivity contribution in [1.29, 1.82) is 0 Å². The van der Waals surface area contributed by atoms with Crippen LogP contribution in [-0.4, -0.2) is 4.98 Å². The lowest BCUT2D eigenvalue weighted by Crippen LogP contribution is -1.87. The molecule has 0 N–H and O–H groups in total. The number of fused-ring (bicyclic) bond motifs is 3. The summed E-state index contributed by atoms with van der Waals surface area (Å²) in [4.78, 5) is 4.75. The summed E-state index contributed by atoms with van der Waals surface area (Å²) in [6.07, 6.45) is 0. The van der Waals surface area contributed by atoms with Gasteiger partial charge in [-0.25, -0.2) is 4.98 Å². The first-order chi connectivity index (χ1) is 20.3. The summed E-state index contributed by atoms with van der Waals surface area (Å²) < 4.78 is 1.20. The van der Waals surface area contributed by atoms with Crippen molar-refractivity contribution < 1.29 is 0 Å². The van der Waals surface area contributed by atoms with E-state index in [1.165, 1.54) is 70.8 Å². The molecule has 192 valence electrons. The summed E-state index contributed by atoms with van der Waals surface area (Å²) in [6.45, 7) is 0. The minimum absolute atomic E-state index is 1.06. The van der Waals surface area contributed by atoms with Crippen LogP contribution in [0.1, 0.15) is 0 Å². The van der Waals surface area contributed by atoms with Crippen LogP contribution >= 0.6 is 11.3 Å². The van der Waals surface area contributed by atoms with Crippen LogP contribution in [0.2, 0.25) is 0 Å². The molecule has 0 unspecified atom stereocenters. The highest BCUT2D eigenvalue weighted by atomic mass is 32.1. The lowest BCUT2D eigenvalue weighted by Gasteiger charge is -2.11. The molecule has 2 heteroatoms. The first-order valence-electron chi connectivity index (χ1n) is 13.9. The second-order valence-corrected chi connectivity index (χ2v) is 11.3. The van der Waals surface area contributed by atoms with Crippen LogP contribution < -0.4 is 0 Å². The standard InChI is InChI=1S/C39H25NS/c1-3-11-33-27(7-1)9-5-13-35(33)29-17-15-26(16-18-29)32-23-37(39-38(24-32)41-25-40-39)31-21-19-30(20-22-31)36-14-6-10-28-8-2-4-12-34(28)36/h1-25H. The fourth-order valence-electron chi connectivity index (χ4n) is 5.98. The highest BCUT2D eigenvalue weighted by Crippen LogP contribution is 2.38. The third kappa shape index (κ3) is 4.21. The van der Waals surface area contributed by atoms with E-state index in [-0.39, 0.29) is 0 Å². The first kappa shape index (κ1) is 23.8. The number of thiazole rings is 1. The Bertz CT molecular complexity index is 2180. The van der Waals surface area contributed by atoms with E-state index in [9.17, 15) is 0 Å². The Balaban J connectivity index is 1.18. The average Bonchev–Trinajstić information content (AvgIpc) is 3.53. The molecule has 0 aliphatic carbocycles. The smallest absolute Gasteiger partial charge is 0.0890 e. The van der Waals surface area contributed by atoms with Crippen LogP contribution in [0.25, 0.3) is 76.3 Å². The molecular weight excluding hydrogens is 515 g/mol. The van der Waals surface area contributed by atoms with Crippen LogP contribution in [0.3, 0.4) is 0 Å². The van der Waals surface area contributed by atoms with E-state index in [2.05, 4.69) is 146 Å². The topological polar surface area (TPSA) is 12.9 Å². The maximum Gasteiger partial charge on any atom is 0.0890 e. The second kappa shape index (κ2) is 9.85. The summed E-state index contributed by atoms with van der Waals surface area (Å²) in [5.74, 6) is 0. The Hall–Kier alpha value is -5.05. The lowest BCUT2D eigenvalue weighted by atomic mass is 9.93. The molecule has 0 atom stereocenters. The van der Waals surface area contributed by atoms with Gasteiger partial charge in [0.1, 0.15) is 0 Å². The normalized spacial score (nSPS) is 11.4. The van der Waals surface area contributed by atoms with Crippen LogP contribution in [0, 0.1) is 0 Å². The zero-order chi connectivity index (χ0) is 27.2. The second-order valence-electron chi connectivity index (χ2n) is 10.4. The molecule has 7 aromatic carbocycles. The van der Waals surface area contributed by atoms with E-state index >= 15 is 0 Å². The van der Waals surface area contributed by atoms with Crippen molar-refractivity contribution in [3.63, 3.8) is 0 Å². The van der Waals surface area contributed by atoms with Crippen molar-refractivity contribution in [2.75, 3.05) is 0 Å². The monoisotopic (exact) mass is 539 g/mol. The van der Waals surface area contributed by atoms with Gasteiger partial charge in [-0.2, -0.15) is 0 Å². The zero-order valence-electron chi connectivity index (χ0n) is 22.3. The predicted molar refractivity (Wildman–Crippen MR) is 176 cm³/mol. The van der Waals surface area contributed by atoms with Gasteiger partial charge in [-0.15, -0.1) is 11.3 Å². The van der Waals surface area contributed by atoms with Gasteiger partial charge in [-0.3, -0.25) is 0 Å². The fourth-order valence-corrected chi connectivity index (χ4v) is 6.72. The highest BCUT2D eigenvalue weighted by molar-refractivity contribution is 7.16. The molecule has 0 spiro atoms. The fraction of sp³-hybridized carbons (Fsp3) is 0. The van der Waals surface area contributed by atoms with Crippen molar-refractivity contribution in [3.8, 4) is 44.5 Å². The van der Waals surface area contributed by atoms with Gasteiger partial charge in [0.05, 0.1) is 15.7 Å². The maximum absolute atomic E-state index is 4.75. The van der Waals surface area contributed by atoms with Crippen molar-refractivity contribution in [3.05, 3.63) is 151 Å². The zero-order valence-corrected chi connectivity index (χ0v) is 23.1. The molecule has 1 aromatic heterocycles. The Labute approximate surface area is 243 Å². The van der Waals surface area contributed by atoms with E-state index < -0.39 is 0 Å². The summed E-state index contributed by atoms with van der Waals surface area (Å²) in [6, 6.07) is 52.7. The van der Waals surface area contributed by atoms with Gasteiger partial charge in [0.15, 0.2) is 0 Å².